The van der Waals surface area contributed by atoms with Crippen LogP contribution in [0.15, 0.2) is 36.5 Å². The largest absolute Gasteiger partial charge is 0.466 e. The normalized spacial score (nSPS) is 12.9. The van der Waals surface area contributed by atoms with Gasteiger partial charge < -0.3 is 20.3 Å². The maximum atomic E-state index is 12.4. The zero-order chi connectivity index (χ0) is 47.2. The van der Waals surface area contributed by atoms with Crippen molar-refractivity contribution in [2.24, 2.45) is 0 Å². The third-order valence-electron chi connectivity index (χ3n) is 13.2. The van der Waals surface area contributed by atoms with Gasteiger partial charge in [-0.05, 0) is 64.2 Å². The van der Waals surface area contributed by atoms with Gasteiger partial charge in [0, 0.05) is 12.8 Å². The average molecular weight is 915 g/mol. The molecule has 1 amide bonds. The second-order valence-electron chi connectivity index (χ2n) is 19.6. The molecule has 0 saturated heterocycles. The summed E-state index contributed by atoms with van der Waals surface area (Å²) >= 11 is 0. The van der Waals surface area contributed by atoms with Crippen molar-refractivity contribution in [2.45, 2.75) is 315 Å². The lowest BCUT2D eigenvalue weighted by Gasteiger charge is -2.20. The predicted molar refractivity (Wildman–Crippen MR) is 283 cm³/mol. The van der Waals surface area contributed by atoms with Crippen molar-refractivity contribution in [3.8, 4) is 0 Å². The zero-order valence-electron chi connectivity index (χ0n) is 43.5. The monoisotopic (exact) mass is 914 g/mol. The number of carbonyl (C=O) groups excluding carboxylic acids is 2. The molecule has 0 aromatic heterocycles. The first-order chi connectivity index (χ1) is 32.0. The summed E-state index contributed by atoms with van der Waals surface area (Å²) < 4.78 is 5.47. The van der Waals surface area contributed by atoms with E-state index in [9.17, 15) is 19.8 Å². The van der Waals surface area contributed by atoms with E-state index in [0.29, 0.717) is 19.4 Å². The number of ether oxygens (including phenoxy) is 1. The van der Waals surface area contributed by atoms with Gasteiger partial charge in [-0.3, -0.25) is 9.59 Å². The van der Waals surface area contributed by atoms with Crippen LogP contribution in [0, 0.1) is 0 Å². The first-order valence-corrected chi connectivity index (χ1v) is 28.8. The Morgan fingerprint density at radius 3 is 1.20 bits per heavy atom. The maximum absolute atomic E-state index is 12.4. The van der Waals surface area contributed by atoms with Crippen LogP contribution in [-0.2, 0) is 14.3 Å². The molecular formula is C59H111NO5. The second-order valence-corrected chi connectivity index (χ2v) is 19.6. The molecule has 2 unspecified atom stereocenters. The number of aliphatic hydroxyl groups excluding tert-OH is 2. The Morgan fingerprint density at radius 2 is 0.769 bits per heavy atom. The number of hydrogen-bond acceptors (Lipinski definition) is 5. The topological polar surface area (TPSA) is 95.9 Å². The fourth-order valence-corrected chi connectivity index (χ4v) is 8.72. The van der Waals surface area contributed by atoms with Gasteiger partial charge in [-0.25, -0.2) is 0 Å². The zero-order valence-corrected chi connectivity index (χ0v) is 43.5. The SMILES string of the molecule is CCCCC/C=C\C/C=C\CCCCCCCC(=O)OCCCCCCCCCCCCCCCCCCCCCCC(=O)NC(CO)C(O)/C=C/CCCCCCCCCCCCC. The summed E-state index contributed by atoms with van der Waals surface area (Å²) in [5.74, 6) is -0.0747. The van der Waals surface area contributed by atoms with Gasteiger partial charge in [-0.2, -0.15) is 0 Å². The van der Waals surface area contributed by atoms with E-state index in [1.54, 1.807) is 6.08 Å². The van der Waals surface area contributed by atoms with E-state index < -0.39 is 12.1 Å². The van der Waals surface area contributed by atoms with Crippen LogP contribution in [0.2, 0.25) is 0 Å². The highest BCUT2D eigenvalue weighted by molar-refractivity contribution is 5.76. The number of nitrogens with one attached hydrogen (secondary N) is 1. The molecule has 0 aliphatic carbocycles. The van der Waals surface area contributed by atoms with Crippen molar-refractivity contribution in [1.82, 2.24) is 5.32 Å². The Morgan fingerprint density at radius 1 is 0.431 bits per heavy atom. The third kappa shape index (κ3) is 51.3. The number of hydrogen-bond donors (Lipinski definition) is 3. The summed E-state index contributed by atoms with van der Waals surface area (Å²) in [6, 6.07) is -0.629. The molecule has 382 valence electrons. The molecule has 0 saturated carbocycles. The summed E-state index contributed by atoms with van der Waals surface area (Å²) in [6.07, 6.45) is 67.3. The summed E-state index contributed by atoms with van der Waals surface area (Å²) in [7, 11) is 0. The number of esters is 1. The Labute approximate surface area is 404 Å². The molecule has 0 bridgehead atoms. The second kappa shape index (κ2) is 54.7. The Hall–Kier alpha value is -1.92. The molecule has 0 aliphatic heterocycles. The molecule has 0 heterocycles. The molecule has 0 aromatic carbocycles. The van der Waals surface area contributed by atoms with Crippen molar-refractivity contribution in [3.05, 3.63) is 36.5 Å². The van der Waals surface area contributed by atoms with Gasteiger partial charge in [0.1, 0.15) is 0 Å². The number of allylic oxidation sites excluding steroid dienone is 5. The van der Waals surface area contributed by atoms with E-state index >= 15 is 0 Å². The molecule has 0 aliphatic rings. The van der Waals surface area contributed by atoms with Crippen molar-refractivity contribution in [2.75, 3.05) is 13.2 Å². The molecule has 0 radical (unpaired) electrons. The molecule has 65 heavy (non-hydrogen) atoms. The summed E-state index contributed by atoms with van der Waals surface area (Å²) in [5.41, 5.74) is 0. The molecule has 0 fully saturated rings. The van der Waals surface area contributed by atoms with Gasteiger partial charge in [0.25, 0.3) is 0 Å². The summed E-state index contributed by atoms with van der Waals surface area (Å²) in [6.45, 7) is 4.87. The van der Waals surface area contributed by atoms with Gasteiger partial charge in [-0.15, -0.1) is 0 Å². The van der Waals surface area contributed by atoms with Crippen molar-refractivity contribution >= 4 is 11.9 Å². The van der Waals surface area contributed by atoms with E-state index in [0.717, 1.165) is 51.4 Å². The molecule has 3 N–H and O–H groups in total. The lowest BCUT2D eigenvalue weighted by atomic mass is 10.0. The molecule has 0 aromatic rings. The van der Waals surface area contributed by atoms with E-state index in [1.807, 2.05) is 6.08 Å². The lowest BCUT2D eigenvalue weighted by Crippen LogP contribution is -2.45. The van der Waals surface area contributed by atoms with Crippen LogP contribution in [0.25, 0.3) is 0 Å². The van der Waals surface area contributed by atoms with Crippen molar-refractivity contribution in [3.63, 3.8) is 0 Å². The molecule has 0 rings (SSSR count). The Kier molecular flexibility index (Phi) is 53.1. The van der Waals surface area contributed by atoms with Crippen molar-refractivity contribution in [1.29, 1.82) is 0 Å². The lowest BCUT2D eigenvalue weighted by molar-refractivity contribution is -0.143. The van der Waals surface area contributed by atoms with E-state index in [4.69, 9.17) is 4.74 Å². The van der Waals surface area contributed by atoms with Crippen LogP contribution in [0.4, 0.5) is 0 Å². The van der Waals surface area contributed by atoms with Crippen LogP contribution in [-0.4, -0.2) is 47.4 Å². The molecular weight excluding hydrogens is 803 g/mol. The number of amides is 1. The minimum atomic E-state index is -0.845. The van der Waals surface area contributed by atoms with Crippen LogP contribution in [0.1, 0.15) is 303 Å². The third-order valence-corrected chi connectivity index (χ3v) is 13.2. The Balaban J connectivity index is 3.42. The van der Waals surface area contributed by atoms with E-state index in [1.165, 1.54) is 225 Å². The Bertz CT molecular complexity index is 1060. The van der Waals surface area contributed by atoms with Crippen LogP contribution >= 0.6 is 0 Å². The maximum Gasteiger partial charge on any atom is 0.305 e. The smallest absolute Gasteiger partial charge is 0.305 e. The minimum absolute atomic E-state index is 0.00438. The van der Waals surface area contributed by atoms with Crippen LogP contribution in [0.3, 0.4) is 0 Å². The number of unbranched alkanes of at least 4 members (excludes halogenated alkanes) is 38. The number of aliphatic hydroxyl groups is 2. The molecule has 0 spiro atoms. The summed E-state index contributed by atoms with van der Waals surface area (Å²) in [4.78, 5) is 24.5. The van der Waals surface area contributed by atoms with Gasteiger partial charge in [0.15, 0.2) is 0 Å². The number of carbonyl (C=O) groups is 2. The van der Waals surface area contributed by atoms with Gasteiger partial charge >= 0.3 is 5.97 Å². The van der Waals surface area contributed by atoms with E-state index in [-0.39, 0.29) is 18.5 Å². The van der Waals surface area contributed by atoms with Gasteiger partial charge in [0.2, 0.25) is 5.91 Å². The summed E-state index contributed by atoms with van der Waals surface area (Å²) in [5, 5.41) is 23.1. The minimum Gasteiger partial charge on any atom is -0.466 e. The first-order valence-electron chi connectivity index (χ1n) is 28.8. The quantitative estimate of drug-likeness (QED) is 0.0321. The standard InChI is InChI=1S/C59H111NO5/c1-3-5-7-9-11-13-15-17-24-29-33-37-41-45-49-53-59(64)65-54-50-46-42-38-34-30-26-23-21-19-18-20-22-25-28-32-36-40-44-48-52-58(63)60-56(55-61)57(62)51-47-43-39-35-31-27-16-14-12-10-8-6-4-2/h11,13,17,24,47,51,56-57,61-62H,3-10,12,14-16,18-23,25-46,48-50,52-55H2,1-2H3,(H,60,63)/b13-11-,24-17-,51-47+. The van der Waals surface area contributed by atoms with Gasteiger partial charge in [-0.1, -0.05) is 262 Å². The first kappa shape index (κ1) is 63.1. The highest BCUT2D eigenvalue weighted by atomic mass is 16.5. The molecule has 2 atom stereocenters. The molecule has 6 nitrogen and oxygen atoms in total. The highest BCUT2D eigenvalue weighted by Crippen LogP contribution is 2.17. The fourth-order valence-electron chi connectivity index (χ4n) is 8.72. The predicted octanol–water partition coefficient (Wildman–Crippen LogP) is 17.6. The fraction of sp³-hybridized carbons (Fsp3) is 0.864. The average Bonchev–Trinajstić information content (AvgIpc) is 3.31. The molecule has 6 heteroatoms. The highest BCUT2D eigenvalue weighted by Gasteiger charge is 2.18. The van der Waals surface area contributed by atoms with Crippen molar-refractivity contribution < 1.29 is 24.5 Å². The van der Waals surface area contributed by atoms with E-state index in [2.05, 4.69) is 43.5 Å². The van der Waals surface area contributed by atoms with Crippen LogP contribution in [0.5, 0.6) is 0 Å². The van der Waals surface area contributed by atoms with Gasteiger partial charge in [0.05, 0.1) is 25.4 Å². The van der Waals surface area contributed by atoms with Crippen LogP contribution < -0.4 is 5.32 Å². The number of rotatable bonds is 53.